The van der Waals surface area contributed by atoms with Gasteiger partial charge in [-0.1, -0.05) is 6.07 Å². The summed E-state index contributed by atoms with van der Waals surface area (Å²) in [7, 11) is -2.30. The summed E-state index contributed by atoms with van der Waals surface area (Å²) in [5.41, 5.74) is 6.43. The first kappa shape index (κ1) is 20.9. The number of aryl methyl sites for hydroxylation is 2. The molecule has 0 bridgehead atoms. The molecule has 0 saturated carbocycles. The second-order valence-corrected chi connectivity index (χ2v) is 9.97. The molecule has 0 atom stereocenters. The third kappa shape index (κ3) is 3.83. The molecular formula is C21H29N5O3S. The lowest BCUT2D eigenvalue weighted by molar-refractivity contribution is 0.256. The highest BCUT2D eigenvalue weighted by Crippen LogP contribution is 2.38. The summed E-state index contributed by atoms with van der Waals surface area (Å²) >= 11 is 0. The molecule has 0 aliphatic heterocycles. The van der Waals surface area contributed by atoms with Gasteiger partial charge in [0, 0.05) is 24.3 Å². The molecule has 0 unspecified atom stereocenters. The van der Waals surface area contributed by atoms with Crippen molar-refractivity contribution < 1.29 is 13.2 Å². The largest absolute Gasteiger partial charge is 0.333 e. The molecule has 3 N–H and O–H groups in total. The van der Waals surface area contributed by atoms with E-state index in [9.17, 15) is 13.2 Å². The Labute approximate surface area is 177 Å². The van der Waals surface area contributed by atoms with E-state index in [4.69, 9.17) is 0 Å². The lowest BCUT2D eigenvalue weighted by Gasteiger charge is -2.16. The maximum atomic E-state index is 12.8. The molecule has 162 valence electrons. The molecule has 0 fully saturated rings. The van der Waals surface area contributed by atoms with Crippen LogP contribution in [0.5, 0.6) is 0 Å². The van der Waals surface area contributed by atoms with E-state index in [2.05, 4.69) is 26.5 Å². The van der Waals surface area contributed by atoms with Crippen molar-refractivity contribution in [3.8, 4) is 0 Å². The Morgan fingerprint density at radius 1 is 1.10 bits per heavy atom. The van der Waals surface area contributed by atoms with Crippen LogP contribution in [0, 0.1) is 0 Å². The monoisotopic (exact) mass is 431 g/mol. The highest BCUT2D eigenvalue weighted by Gasteiger charge is 2.27. The normalized spacial score (nSPS) is 15.3. The lowest BCUT2D eigenvalue weighted by Crippen LogP contribution is -2.35. The minimum absolute atomic E-state index is 0.000575. The standard InChI is InChI=1S/C21H29N5O3S/c1-13(2)26-16(12-22-3)11-19(24-26)30(28,29)25-21(27)23-20-17-8-4-6-14(17)10-15-7-5-9-18(15)20/h10-11,13,22H,4-9,12H2,1-3H3,(H2,23,25,27). The molecule has 2 aliphatic rings. The van der Waals surface area contributed by atoms with E-state index in [0.29, 0.717) is 6.54 Å². The smallest absolute Gasteiger partial charge is 0.314 e. The molecule has 1 heterocycles. The fraction of sp³-hybridized carbons (Fsp3) is 0.524. The van der Waals surface area contributed by atoms with Crippen molar-refractivity contribution in [1.29, 1.82) is 0 Å². The SMILES string of the molecule is CNCc1cc(S(=O)(=O)NC(=O)Nc2c3c(cc4c2CCC4)CCC3)nn1C(C)C. The van der Waals surface area contributed by atoms with E-state index in [-0.39, 0.29) is 11.1 Å². The number of fused-ring (bicyclic) bond motifs is 2. The molecule has 2 aliphatic carbocycles. The highest BCUT2D eigenvalue weighted by molar-refractivity contribution is 7.90. The summed E-state index contributed by atoms with van der Waals surface area (Å²) in [4.78, 5) is 12.7. The summed E-state index contributed by atoms with van der Waals surface area (Å²) in [5.74, 6) is 0. The maximum Gasteiger partial charge on any atom is 0.333 e. The number of benzene rings is 1. The number of amides is 2. The zero-order chi connectivity index (χ0) is 21.5. The average Bonchev–Trinajstić information content (AvgIpc) is 3.40. The zero-order valence-corrected chi connectivity index (χ0v) is 18.5. The van der Waals surface area contributed by atoms with Crippen LogP contribution in [0.4, 0.5) is 10.5 Å². The fourth-order valence-electron chi connectivity index (χ4n) is 4.58. The number of carbonyl (C=O) groups is 1. The van der Waals surface area contributed by atoms with Gasteiger partial charge in [-0.25, -0.2) is 9.52 Å². The molecule has 9 heteroatoms. The van der Waals surface area contributed by atoms with Gasteiger partial charge in [-0.3, -0.25) is 4.68 Å². The molecule has 1 aromatic heterocycles. The number of anilines is 1. The third-order valence-electron chi connectivity index (χ3n) is 5.85. The van der Waals surface area contributed by atoms with Crippen LogP contribution in [0.3, 0.4) is 0 Å². The Kier molecular flexibility index (Phi) is 5.59. The van der Waals surface area contributed by atoms with Gasteiger partial charge in [0.15, 0.2) is 5.03 Å². The molecule has 2 aromatic rings. The van der Waals surface area contributed by atoms with Crippen molar-refractivity contribution in [3.63, 3.8) is 0 Å². The molecular weight excluding hydrogens is 402 g/mol. The molecule has 8 nitrogen and oxygen atoms in total. The molecule has 0 radical (unpaired) electrons. The van der Waals surface area contributed by atoms with E-state index in [1.165, 1.54) is 17.2 Å². The summed E-state index contributed by atoms with van der Waals surface area (Å²) in [6.45, 7) is 4.34. The maximum absolute atomic E-state index is 12.8. The molecule has 0 spiro atoms. The predicted molar refractivity (Wildman–Crippen MR) is 115 cm³/mol. The first-order valence-electron chi connectivity index (χ1n) is 10.5. The summed E-state index contributed by atoms with van der Waals surface area (Å²) in [6.07, 6.45) is 5.98. The predicted octanol–water partition coefficient (Wildman–Crippen LogP) is 2.67. The number of hydrogen-bond acceptors (Lipinski definition) is 5. The molecule has 4 rings (SSSR count). The van der Waals surface area contributed by atoms with Gasteiger partial charge in [0.2, 0.25) is 0 Å². The van der Waals surface area contributed by atoms with Crippen LogP contribution in [0.15, 0.2) is 17.2 Å². The minimum atomic E-state index is -4.08. The summed E-state index contributed by atoms with van der Waals surface area (Å²) < 4.78 is 29.5. The number of hydrogen-bond donors (Lipinski definition) is 3. The van der Waals surface area contributed by atoms with E-state index >= 15 is 0 Å². The van der Waals surface area contributed by atoms with Gasteiger partial charge in [-0.15, -0.1) is 0 Å². The summed E-state index contributed by atoms with van der Waals surface area (Å²) in [6, 6.07) is 3.04. The molecule has 30 heavy (non-hydrogen) atoms. The van der Waals surface area contributed by atoms with Gasteiger partial charge in [0.1, 0.15) is 0 Å². The van der Waals surface area contributed by atoms with Gasteiger partial charge in [0.05, 0.1) is 5.69 Å². The molecule has 2 amide bonds. The molecule has 1 aromatic carbocycles. The molecule has 0 saturated heterocycles. The topological polar surface area (TPSA) is 105 Å². The number of nitrogens with one attached hydrogen (secondary N) is 3. The van der Waals surface area contributed by atoms with Gasteiger partial charge < -0.3 is 10.6 Å². The fourth-order valence-corrected chi connectivity index (χ4v) is 5.47. The van der Waals surface area contributed by atoms with E-state index in [1.807, 2.05) is 13.8 Å². The van der Waals surface area contributed by atoms with Crippen molar-refractivity contribution in [2.75, 3.05) is 12.4 Å². The minimum Gasteiger partial charge on any atom is -0.314 e. The van der Waals surface area contributed by atoms with Crippen molar-refractivity contribution >= 4 is 21.7 Å². The average molecular weight is 432 g/mol. The highest BCUT2D eigenvalue weighted by atomic mass is 32.2. The second kappa shape index (κ2) is 8.03. The van der Waals surface area contributed by atoms with E-state index in [1.54, 1.807) is 11.7 Å². The third-order valence-corrected chi connectivity index (χ3v) is 7.06. The first-order chi connectivity index (χ1) is 14.3. The van der Waals surface area contributed by atoms with Crippen molar-refractivity contribution in [2.45, 2.75) is 70.0 Å². The Balaban J connectivity index is 1.57. The number of nitrogens with zero attached hydrogens (tertiary/aromatic N) is 2. The summed E-state index contributed by atoms with van der Waals surface area (Å²) in [5, 5.41) is 9.94. The quantitative estimate of drug-likeness (QED) is 0.652. The van der Waals surface area contributed by atoms with Crippen molar-refractivity contribution in [2.24, 2.45) is 0 Å². The van der Waals surface area contributed by atoms with Crippen LogP contribution in [-0.4, -0.2) is 31.3 Å². The number of urea groups is 1. The Bertz CT molecular complexity index is 1060. The van der Waals surface area contributed by atoms with Gasteiger partial charge in [-0.05, 0) is 81.7 Å². The van der Waals surface area contributed by atoms with Crippen LogP contribution in [0.25, 0.3) is 0 Å². The Hall–Kier alpha value is -2.39. The second-order valence-electron chi connectivity index (χ2n) is 8.34. The van der Waals surface area contributed by atoms with Gasteiger partial charge >= 0.3 is 6.03 Å². The first-order valence-corrected chi connectivity index (χ1v) is 12.0. The number of aromatic nitrogens is 2. The van der Waals surface area contributed by atoms with Crippen LogP contribution in [-0.2, 0) is 42.3 Å². The van der Waals surface area contributed by atoms with Crippen molar-refractivity contribution in [3.05, 3.63) is 40.1 Å². The Morgan fingerprint density at radius 3 is 2.30 bits per heavy atom. The van der Waals surface area contributed by atoms with Crippen LogP contribution in [0.2, 0.25) is 0 Å². The van der Waals surface area contributed by atoms with E-state index < -0.39 is 16.1 Å². The van der Waals surface area contributed by atoms with Crippen LogP contribution >= 0.6 is 0 Å². The van der Waals surface area contributed by atoms with Crippen LogP contribution < -0.4 is 15.4 Å². The van der Waals surface area contributed by atoms with Crippen molar-refractivity contribution in [1.82, 2.24) is 19.8 Å². The van der Waals surface area contributed by atoms with Crippen LogP contribution in [0.1, 0.15) is 60.7 Å². The van der Waals surface area contributed by atoms with E-state index in [0.717, 1.165) is 61.0 Å². The lowest BCUT2D eigenvalue weighted by atomic mass is 9.99. The number of rotatable bonds is 6. The zero-order valence-electron chi connectivity index (χ0n) is 17.7. The van der Waals surface area contributed by atoms with Gasteiger partial charge in [0.25, 0.3) is 10.0 Å². The van der Waals surface area contributed by atoms with Gasteiger partial charge in [-0.2, -0.15) is 13.5 Å². The Morgan fingerprint density at radius 2 is 1.73 bits per heavy atom. The number of sulfonamides is 1. The number of carbonyl (C=O) groups excluding carboxylic acids is 1.